The van der Waals surface area contributed by atoms with Gasteiger partial charge >= 0.3 is 0 Å². The molecule has 1 aliphatic rings. The van der Waals surface area contributed by atoms with Crippen LogP contribution in [0.2, 0.25) is 0 Å². The molecule has 1 amide bonds. The molecule has 3 aromatic heterocycles. The molecule has 7 nitrogen and oxygen atoms in total. The van der Waals surface area contributed by atoms with E-state index < -0.39 is 0 Å². The van der Waals surface area contributed by atoms with Crippen LogP contribution >= 0.6 is 11.3 Å². The van der Waals surface area contributed by atoms with E-state index in [9.17, 15) is 4.79 Å². The Kier molecular flexibility index (Phi) is 4.43. The summed E-state index contributed by atoms with van der Waals surface area (Å²) >= 11 is 1.71. The molecule has 128 valence electrons. The molecule has 0 radical (unpaired) electrons. The van der Waals surface area contributed by atoms with E-state index in [1.165, 1.54) is 4.88 Å². The van der Waals surface area contributed by atoms with Crippen molar-refractivity contribution >= 4 is 23.2 Å². The monoisotopic (exact) mass is 354 g/mol. The van der Waals surface area contributed by atoms with Crippen molar-refractivity contribution in [3.63, 3.8) is 0 Å². The van der Waals surface area contributed by atoms with Crippen LogP contribution < -0.4 is 10.2 Å². The Bertz CT molecular complexity index is 832. The highest BCUT2D eigenvalue weighted by molar-refractivity contribution is 7.09. The summed E-state index contributed by atoms with van der Waals surface area (Å²) < 4.78 is 1.94. The molecule has 4 heterocycles. The molecular weight excluding hydrogens is 336 g/mol. The lowest BCUT2D eigenvalue weighted by molar-refractivity contribution is -0.124. The Morgan fingerprint density at radius 3 is 3.00 bits per heavy atom. The zero-order valence-electron chi connectivity index (χ0n) is 13.6. The molecular formula is C17H18N6OS. The third-order valence-corrected chi connectivity index (χ3v) is 5.15. The lowest BCUT2D eigenvalue weighted by Gasteiger charge is -2.33. The third kappa shape index (κ3) is 3.39. The predicted molar refractivity (Wildman–Crippen MR) is 95.4 cm³/mol. The highest BCUT2D eigenvalue weighted by atomic mass is 32.1. The largest absolute Gasteiger partial charge is 0.354 e. The van der Waals surface area contributed by atoms with Gasteiger partial charge in [0.25, 0.3) is 0 Å². The predicted octanol–water partition coefficient (Wildman–Crippen LogP) is 1.65. The lowest BCUT2D eigenvalue weighted by atomic mass is 10.1. The number of hydrogen-bond donors (Lipinski definition) is 1. The number of thiophene rings is 1. The van der Waals surface area contributed by atoms with Gasteiger partial charge in [0.2, 0.25) is 11.9 Å². The van der Waals surface area contributed by atoms with E-state index in [-0.39, 0.29) is 11.9 Å². The van der Waals surface area contributed by atoms with Gasteiger partial charge in [0.15, 0.2) is 0 Å². The van der Waals surface area contributed by atoms with Crippen molar-refractivity contribution in [3.05, 3.63) is 59.1 Å². The van der Waals surface area contributed by atoms with Gasteiger partial charge in [-0.05, 0) is 23.9 Å². The van der Waals surface area contributed by atoms with Crippen LogP contribution in [0.15, 0.2) is 48.5 Å². The summed E-state index contributed by atoms with van der Waals surface area (Å²) in [5, 5.41) is 5.09. The highest BCUT2D eigenvalue weighted by Gasteiger charge is 2.31. The van der Waals surface area contributed by atoms with E-state index in [0.29, 0.717) is 25.6 Å². The first-order valence-electron chi connectivity index (χ1n) is 8.14. The molecule has 0 saturated carbocycles. The second kappa shape index (κ2) is 7.02. The summed E-state index contributed by atoms with van der Waals surface area (Å²) in [5.74, 6) is 0.628. The minimum Gasteiger partial charge on any atom is -0.354 e. The standard InChI is InChI=1S/C17H18N6OS/c24-16(19-7-4-14-3-1-8-25-14)15-11-22(17-20-5-2-6-21-17)10-13-9-18-12-23(13)15/h1-3,5-6,8-9,12,15H,4,7,10-11H2,(H,19,24). The topological polar surface area (TPSA) is 75.9 Å². The molecule has 8 heteroatoms. The number of amides is 1. The van der Waals surface area contributed by atoms with Crippen LogP contribution in [0.25, 0.3) is 0 Å². The quantitative estimate of drug-likeness (QED) is 0.754. The van der Waals surface area contributed by atoms with Crippen molar-refractivity contribution in [1.82, 2.24) is 24.8 Å². The summed E-state index contributed by atoms with van der Waals surface area (Å²) in [6, 6.07) is 5.56. The van der Waals surface area contributed by atoms with Gasteiger partial charge in [0.05, 0.1) is 25.1 Å². The van der Waals surface area contributed by atoms with Gasteiger partial charge < -0.3 is 14.8 Å². The second-order valence-electron chi connectivity index (χ2n) is 5.86. The minimum absolute atomic E-state index is 0.00330. The zero-order valence-corrected chi connectivity index (χ0v) is 14.4. The number of rotatable bonds is 5. The fraction of sp³-hybridized carbons (Fsp3) is 0.294. The molecule has 0 spiro atoms. The van der Waals surface area contributed by atoms with Crippen molar-refractivity contribution in [1.29, 1.82) is 0 Å². The van der Waals surface area contributed by atoms with Crippen molar-refractivity contribution in [2.45, 2.75) is 19.0 Å². The molecule has 3 aromatic rings. The fourth-order valence-electron chi connectivity index (χ4n) is 2.99. The molecule has 1 atom stereocenters. The van der Waals surface area contributed by atoms with E-state index in [1.807, 2.05) is 20.9 Å². The van der Waals surface area contributed by atoms with Crippen molar-refractivity contribution in [2.75, 3.05) is 18.0 Å². The number of hydrogen-bond acceptors (Lipinski definition) is 6. The molecule has 1 N–H and O–H groups in total. The van der Waals surface area contributed by atoms with E-state index in [0.717, 1.165) is 12.1 Å². The zero-order chi connectivity index (χ0) is 17.1. The van der Waals surface area contributed by atoms with Crippen molar-refractivity contribution in [2.24, 2.45) is 0 Å². The van der Waals surface area contributed by atoms with Gasteiger partial charge in [0.1, 0.15) is 6.04 Å². The molecule has 0 aromatic carbocycles. The first-order valence-corrected chi connectivity index (χ1v) is 9.02. The van der Waals surface area contributed by atoms with Gasteiger partial charge in [0, 0.05) is 30.0 Å². The maximum Gasteiger partial charge on any atom is 0.244 e. The Labute approximate surface area is 149 Å². The maximum absolute atomic E-state index is 12.7. The average molecular weight is 354 g/mol. The average Bonchev–Trinajstić information content (AvgIpc) is 3.33. The maximum atomic E-state index is 12.7. The molecule has 1 aliphatic heterocycles. The fourth-order valence-corrected chi connectivity index (χ4v) is 3.70. The van der Waals surface area contributed by atoms with Crippen molar-refractivity contribution < 1.29 is 4.79 Å². The smallest absolute Gasteiger partial charge is 0.244 e. The van der Waals surface area contributed by atoms with Gasteiger partial charge in [-0.3, -0.25) is 4.79 Å². The van der Waals surface area contributed by atoms with Crippen LogP contribution in [0.5, 0.6) is 0 Å². The first kappa shape index (κ1) is 15.8. The second-order valence-corrected chi connectivity index (χ2v) is 6.89. The number of imidazole rings is 1. The Morgan fingerprint density at radius 2 is 2.20 bits per heavy atom. The molecule has 0 bridgehead atoms. The Hall–Kier alpha value is -2.74. The molecule has 1 unspecified atom stereocenters. The van der Waals surface area contributed by atoms with E-state index in [1.54, 1.807) is 42.3 Å². The van der Waals surface area contributed by atoms with E-state index in [4.69, 9.17) is 0 Å². The number of fused-ring (bicyclic) bond motifs is 1. The lowest BCUT2D eigenvalue weighted by Crippen LogP contribution is -2.45. The van der Waals surface area contributed by atoms with Gasteiger partial charge in [-0.25, -0.2) is 15.0 Å². The molecule has 0 saturated heterocycles. The number of nitrogens with zero attached hydrogens (tertiary/aromatic N) is 5. The molecule has 25 heavy (non-hydrogen) atoms. The van der Waals surface area contributed by atoms with Crippen LogP contribution in [0, 0.1) is 0 Å². The van der Waals surface area contributed by atoms with Gasteiger partial charge in [-0.15, -0.1) is 11.3 Å². The summed E-state index contributed by atoms with van der Waals surface area (Å²) in [6.45, 7) is 1.79. The minimum atomic E-state index is -0.335. The normalized spacial score (nSPS) is 16.5. The van der Waals surface area contributed by atoms with E-state index >= 15 is 0 Å². The Balaban J connectivity index is 1.47. The molecule has 0 aliphatic carbocycles. The summed E-state index contributed by atoms with van der Waals surface area (Å²) in [4.78, 5) is 28.8. The number of aromatic nitrogens is 4. The molecule has 0 fully saturated rings. The van der Waals surface area contributed by atoms with Crippen LogP contribution in [0.1, 0.15) is 16.6 Å². The summed E-state index contributed by atoms with van der Waals surface area (Å²) in [6.07, 6.45) is 7.79. The number of carbonyl (C=O) groups excluding carboxylic acids is 1. The number of carbonyl (C=O) groups is 1. The van der Waals surface area contributed by atoms with Crippen LogP contribution in [-0.2, 0) is 17.8 Å². The summed E-state index contributed by atoms with van der Waals surface area (Å²) in [5.41, 5.74) is 0.983. The van der Waals surface area contributed by atoms with Crippen molar-refractivity contribution in [3.8, 4) is 0 Å². The van der Waals surface area contributed by atoms with Crippen LogP contribution in [0.3, 0.4) is 0 Å². The van der Waals surface area contributed by atoms with E-state index in [2.05, 4.69) is 26.3 Å². The van der Waals surface area contributed by atoms with Crippen LogP contribution in [-0.4, -0.2) is 38.5 Å². The number of anilines is 1. The third-order valence-electron chi connectivity index (χ3n) is 4.22. The first-order chi connectivity index (χ1) is 12.3. The Morgan fingerprint density at radius 1 is 1.32 bits per heavy atom. The molecule has 4 rings (SSSR count). The number of nitrogens with one attached hydrogen (secondary N) is 1. The van der Waals surface area contributed by atoms with Crippen LogP contribution in [0.4, 0.5) is 5.95 Å². The summed E-state index contributed by atoms with van der Waals surface area (Å²) in [7, 11) is 0. The SMILES string of the molecule is O=C(NCCc1cccs1)C1CN(c2ncccn2)Cc2cncn21. The highest BCUT2D eigenvalue weighted by Crippen LogP contribution is 2.23. The van der Waals surface area contributed by atoms with Gasteiger partial charge in [-0.1, -0.05) is 6.07 Å². The van der Waals surface area contributed by atoms with Gasteiger partial charge in [-0.2, -0.15) is 0 Å².